The molecule has 5 heteroatoms. The first-order valence-electron chi connectivity index (χ1n) is 4.86. The van der Waals surface area contributed by atoms with Crippen molar-refractivity contribution >= 4 is 11.8 Å². The third-order valence-corrected chi connectivity index (χ3v) is 2.48. The van der Waals surface area contributed by atoms with Gasteiger partial charge in [-0.2, -0.15) is 0 Å². The minimum atomic E-state index is -0.431. The lowest BCUT2D eigenvalue weighted by Crippen LogP contribution is -2.48. The minimum Gasteiger partial charge on any atom is -0.345 e. The molecule has 1 heterocycles. The van der Waals surface area contributed by atoms with Gasteiger partial charge in [-0.3, -0.25) is 9.59 Å². The molecule has 3 N–H and O–H groups in total. The van der Waals surface area contributed by atoms with Gasteiger partial charge >= 0.3 is 0 Å². The number of hydrogen-bond acceptors (Lipinski definition) is 3. The highest BCUT2D eigenvalue weighted by molar-refractivity contribution is 5.89. The van der Waals surface area contributed by atoms with Crippen LogP contribution in [0.3, 0.4) is 0 Å². The van der Waals surface area contributed by atoms with Crippen molar-refractivity contribution < 1.29 is 9.59 Å². The van der Waals surface area contributed by atoms with Crippen molar-refractivity contribution in [1.29, 1.82) is 0 Å². The summed E-state index contributed by atoms with van der Waals surface area (Å²) in [6.45, 7) is 4.47. The van der Waals surface area contributed by atoms with Crippen LogP contribution in [-0.2, 0) is 9.59 Å². The van der Waals surface area contributed by atoms with E-state index in [-0.39, 0.29) is 17.9 Å². The minimum absolute atomic E-state index is 0.00218. The Morgan fingerprint density at radius 2 is 2.29 bits per heavy atom. The Hall–Kier alpha value is -1.10. The summed E-state index contributed by atoms with van der Waals surface area (Å²) in [5, 5.41) is 2.63. The lowest BCUT2D eigenvalue weighted by Gasteiger charge is -2.27. The van der Waals surface area contributed by atoms with Gasteiger partial charge in [-0.25, -0.2) is 0 Å². The molecule has 0 aliphatic carbocycles. The van der Waals surface area contributed by atoms with Crippen LogP contribution in [0.5, 0.6) is 0 Å². The van der Waals surface area contributed by atoms with Gasteiger partial charge in [-0.1, -0.05) is 0 Å². The molecular formula is C9H17N3O2. The van der Waals surface area contributed by atoms with Crippen LogP contribution >= 0.6 is 0 Å². The van der Waals surface area contributed by atoms with Gasteiger partial charge in [0.05, 0.1) is 0 Å². The standard InChI is InChI=1S/C9H17N3O2/c1-6(5-10)12-4-3-8(13)11-7(2)9(12)14/h6-7H,3-5,10H2,1-2H3,(H,11,13). The third kappa shape index (κ3) is 2.23. The molecule has 0 spiro atoms. The van der Waals surface area contributed by atoms with Crippen LogP contribution in [0.25, 0.3) is 0 Å². The molecule has 2 unspecified atom stereocenters. The number of rotatable bonds is 2. The number of nitrogens with two attached hydrogens (primary N) is 1. The van der Waals surface area contributed by atoms with Crippen LogP contribution in [0, 0.1) is 0 Å². The van der Waals surface area contributed by atoms with Crippen molar-refractivity contribution in [2.45, 2.75) is 32.4 Å². The number of carbonyl (C=O) groups excluding carboxylic acids is 2. The van der Waals surface area contributed by atoms with Crippen LogP contribution in [-0.4, -0.2) is 41.9 Å². The molecule has 14 heavy (non-hydrogen) atoms. The van der Waals surface area contributed by atoms with Crippen molar-refractivity contribution in [1.82, 2.24) is 10.2 Å². The average Bonchev–Trinajstić information content (AvgIpc) is 2.27. The fourth-order valence-corrected chi connectivity index (χ4v) is 1.52. The number of hydrogen-bond donors (Lipinski definition) is 2. The van der Waals surface area contributed by atoms with Crippen molar-refractivity contribution in [3.05, 3.63) is 0 Å². The maximum absolute atomic E-state index is 11.7. The van der Waals surface area contributed by atoms with E-state index in [1.165, 1.54) is 0 Å². The molecule has 5 nitrogen and oxygen atoms in total. The molecule has 0 bridgehead atoms. The third-order valence-electron chi connectivity index (χ3n) is 2.48. The van der Waals surface area contributed by atoms with Gasteiger partial charge in [0.15, 0.2) is 0 Å². The molecule has 1 aliphatic rings. The van der Waals surface area contributed by atoms with Gasteiger partial charge in [0.1, 0.15) is 6.04 Å². The molecular weight excluding hydrogens is 182 g/mol. The average molecular weight is 199 g/mol. The zero-order chi connectivity index (χ0) is 10.7. The van der Waals surface area contributed by atoms with E-state index >= 15 is 0 Å². The van der Waals surface area contributed by atoms with Crippen molar-refractivity contribution in [3.63, 3.8) is 0 Å². The lowest BCUT2D eigenvalue weighted by molar-refractivity contribution is -0.134. The molecule has 80 valence electrons. The molecule has 0 radical (unpaired) electrons. The fraction of sp³-hybridized carbons (Fsp3) is 0.778. The van der Waals surface area contributed by atoms with Crippen LogP contribution in [0.15, 0.2) is 0 Å². The topological polar surface area (TPSA) is 75.4 Å². The number of amides is 2. The SMILES string of the molecule is CC1NC(=O)CCN(C(C)CN)C1=O. The number of carbonyl (C=O) groups is 2. The Morgan fingerprint density at radius 1 is 1.64 bits per heavy atom. The van der Waals surface area contributed by atoms with E-state index < -0.39 is 6.04 Å². The highest BCUT2D eigenvalue weighted by Crippen LogP contribution is 2.07. The van der Waals surface area contributed by atoms with Gasteiger partial charge < -0.3 is 16.0 Å². The van der Waals surface area contributed by atoms with E-state index in [4.69, 9.17) is 5.73 Å². The molecule has 1 saturated heterocycles. The molecule has 0 aromatic carbocycles. The zero-order valence-electron chi connectivity index (χ0n) is 8.62. The summed E-state index contributed by atoms with van der Waals surface area (Å²) in [6.07, 6.45) is 0.362. The first kappa shape index (κ1) is 11.0. The van der Waals surface area contributed by atoms with Gasteiger partial charge in [0.2, 0.25) is 11.8 Å². The number of nitrogens with zero attached hydrogens (tertiary/aromatic N) is 1. The molecule has 1 rings (SSSR count). The van der Waals surface area contributed by atoms with Crippen LogP contribution in [0.2, 0.25) is 0 Å². The number of nitrogens with one attached hydrogen (secondary N) is 1. The quantitative estimate of drug-likeness (QED) is 0.603. The second kappa shape index (κ2) is 4.41. The zero-order valence-corrected chi connectivity index (χ0v) is 8.62. The molecule has 2 atom stereocenters. The lowest BCUT2D eigenvalue weighted by atomic mass is 10.2. The largest absolute Gasteiger partial charge is 0.345 e. The van der Waals surface area contributed by atoms with Gasteiger partial charge in [0.25, 0.3) is 0 Å². The summed E-state index contributed by atoms with van der Waals surface area (Å²) in [6, 6.07) is -0.434. The molecule has 0 saturated carbocycles. The smallest absolute Gasteiger partial charge is 0.245 e. The summed E-state index contributed by atoms with van der Waals surface area (Å²) in [5.74, 6) is -0.119. The summed E-state index contributed by atoms with van der Waals surface area (Å²) >= 11 is 0. The molecule has 0 aromatic heterocycles. The Balaban J connectivity index is 2.75. The maximum Gasteiger partial charge on any atom is 0.245 e. The van der Waals surface area contributed by atoms with Gasteiger partial charge in [-0.15, -0.1) is 0 Å². The maximum atomic E-state index is 11.7. The van der Waals surface area contributed by atoms with E-state index in [2.05, 4.69) is 5.32 Å². The Labute approximate surface area is 83.6 Å². The molecule has 1 aliphatic heterocycles. The second-order valence-electron chi connectivity index (χ2n) is 3.66. The predicted octanol–water partition coefficient (Wildman–Crippen LogP) is -0.929. The normalized spacial score (nSPS) is 25.6. The van der Waals surface area contributed by atoms with Gasteiger partial charge in [0, 0.05) is 25.6 Å². The van der Waals surface area contributed by atoms with Crippen molar-refractivity contribution in [2.24, 2.45) is 5.73 Å². The van der Waals surface area contributed by atoms with Crippen LogP contribution in [0.4, 0.5) is 0 Å². The summed E-state index contributed by atoms with van der Waals surface area (Å²) in [4.78, 5) is 24.6. The monoisotopic (exact) mass is 199 g/mol. The van der Waals surface area contributed by atoms with Crippen molar-refractivity contribution in [3.8, 4) is 0 Å². The first-order chi connectivity index (χ1) is 6.56. The van der Waals surface area contributed by atoms with Crippen molar-refractivity contribution in [2.75, 3.05) is 13.1 Å². The van der Waals surface area contributed by atoms with Crippen LogP contribution < -0.4 is 11.1 Å². The van der Waals surface area contributed by atoms with Gasteiger partial charge in [-0.05, 0) is 13.8 Å². The van der Waals surface area contributed by atoms with Crippen LogP contribution in [0.1, 0.15) is 20.3 Å². The highest BCUT2D eigenvalue weighted by atomic mass is 16.2. The highest BCUT2D eigenvalue weighted by Gasteiger charge is 2.28. The molecule has 1 fully saturated rings. The predicted molar refractivity (Wildman–Crippen MR) is 52.5 cm³/mol. The molecule has 2 amide bonds. The molecule has 0 aromatic rings. The Kier molecular flexibility index (Phi) is 3.46. The second-order valence-corrected chi connectivity index (χ2v) is 3.66. The Bertz CT molecular complexity index is 242. The van der Waals surface area contributed by atoms with E-state index in [0.717, 1.165) is 0 Å². The van der Waals surface area contributed by atoms with E-state index in [0.29, 0.717) is 19.5 Å². The summed E-state index contributed by atoms with van der Waals surface area (Å²) in [5.41, 5.74) is 5.50. The van der Waals surface area contributed by atoms with E-state index in [9.17, 15) is 9.59 Å². The summed E-state index contributed by atoms with van der Waals surface area (Å²) in [7, 11) is 0. The summed E-state index contributed by atoms with van der Waals surface area (Å²) < 4.78 is 0. The fourth-order valence-electron chi connectivity index (χ4n) is 1.52. The van der Waals surface area contributed by atoms with E-state index in [1.807, 2.05) is 6.92 Å². The Morgan fingerprint density at radius 3 is 2.86 bits per heavy atom. The van der Waals surface area contributed by atoms with E-state index in [1.54, 1.807) is 11.8 Å². The first-order valence-corrected chi connectivity index (χ1v) is 4.86.